The lowest BCUT2D eigenvalue weighted by atomic mass is 9.61. The summed E-state index contributed by atoms with van der Waals surface area (Å²) in [5.74, 6) is -1.90. The van der Waals surface area contributed by atoms with Crippen molar-refractivity contribution in [3.05, 3.63) is 185 Å². The predicted molar refractivity (Wildman–Crippen MR) is 229 cm³/mol. The number of fused-ring (bicyclic) bond motifs is 4. The van der Waals surface area contributed by atoms with Crippen molar-refractivity contribution in [3.63, 3.8) is 0 Å². The minimum Gasteiger partial charge on any atom is -0.461 e. The number of esters is 1. The molecule has 11 rings (SSSR count). The number of halogens is 2. The van der Waals surface area contributed by atoms with Gasteiger partial charge in [-0.05, 0) is 71.2 Å². The quantitative estimate of drug-likeness (QED) is 0.103. The number of hydrogen-bond acceptors (Lipinski definition) is 8. The Balaban J connectivity index is 1.15. The van der Waals surface area contributed by atoms with E-state index >= 15 is 8.78 Å². The van der Waals surface area contributed by atoms with E-state index in [1.54, 1.807) is 0 Å². The zero-order valence-corrected chi connectivity index (χ0v) is 33.3. The summed E-state index contributed by atoms with van der Waals surface area (Å²) in [6, 6.07) is 43.1. The SMILES string of the molecule is O=C(OCc1ccccc1)[C@H]1C2CCC(CC2)[C@@H]1Nc1nc(-c2cn(C(c3ccccc3)(c3ccccc3)c3ccccc3)c3ncc(F)nc23)nc(-c2cccs2)c1F. The maximum absolute atomic E-state index is 17.1. The lowest BCUT2D eigenvalue weighted by Crippen LogP contribution is -2.52. The third kappa shape index (κ3) is 6.63. The van der Waals surface area contributed by atoms with Crippen LogP contribution in [0.25, 0.3) is 33.1 Å². The van der Waals surface area contributed by atoms with Crippen LogP contribution < -0.4 is 5.32 Å². The first kappa shape index (κ1) is 37.7. The lowest BCUT2D eigenvalue weighted by Gasteiger charge is -2.47. The standard InChI is InChI=1S/C49H40F2N6O2S/c50-39-28-52-47-43(53-39)37(29-57(47)49(34-16-7-2-8-17-34,35-18-9-3-10-19-35)36-20-11-4-12-21-36)45-55-44(38-22-13-27-60-38)41(51)46(56-45)54-42-33-25-23-32(24-26-33)40(42)48(58)59-30-31-14-5-1-6-15-31/h1-22,27-29,32-33,40,42H,23-26,30H2,(H,54,55,56)/t32?,33?,40-,42-/m0/s1. The second-order valence-electron chi connectivity index (χ2n) is 15.6. The highest BCUT2D eigenvalue weighted by Crippen LogP contribution is 2.48. The van der Waals surface area contributed by atoms with Crippen LogP contribution in [0.4, 0.5) is 14.6 Å². The molecule has 4 aromatic carbocycles. The second-order valence-corrected chi connectivity index (χ2v) is 16.5. The van der Waals surface area contributed by atoms with Crippen LogP contribution in [0.2, 0.25) is 0 Å². The van der Waals surface area contributed by atoms with Crippen molar-refractivity contribution in [3.8, 4) is 22.0 Å². The van der Waals surface area contributed by atoms with Crippen LogP contribution >= 0.6 is 11.3 Å². The summed E-state index contributed by atoms with van der Waals surface area (Å²) in [6.07, 6.45) is 6.59. The average molecular weight is 815 g/mol. The van der Waals surface area contributed by atoms with Crippen LogP contribution in [-0.2, 0) is 21.7 Å². The number of thiophene rings is 1. The number of aromatic nitrogens is 5. The third-order valence-electron chi connectivity index (χ3n) is 12.3. The zero-order chi connectivity index (χ0) is 40.6. The number of benzene rings is 4. The number of hydrogen-bond donors (Lipinski definition) is 1. The van der Waals surface area contributed by atoms with E-state index in [9.17, 15) is 4.79 Å². The van der Waals surface area contributed by atoms with E-state index in [0.29, 0.717) is 16.1 Å². The summed E-state index contributed by atoms with van der Waals surface area (Å²) in [5, 5.41) is 5.32. The molecule has 8 aromatic rings. The number of carbonyl (C=O) groups is 1. The van der Waals surface area contributed by atoms with E-state index in [4.69, 9.17) is 19.7 Å². The normalized spacial score (nSPS) is 18.7. The van der Waals surface area contributed by atoms with Crippen molar-refractivity contribution in [1.29, 1.82) is 0 Å². The summed E-state index contributed by atoms with van der Waals surface area (Å²) in [4.78, 5) is 33.5. The van der Waals surface area contributed by atoms with Crippen LogP contribution in [0.15, 0.2) is 151 Å². The van der Waals surface area contributed by atoms with Gasteiger partial charge >= 0.3 is 5.97 Å². The van der Waals surface area contributed by atoms with Crippen LogP contribution in [-0.4, -0.2) is 36.5 Å². The summed E-state index contributed by atoms with van der Waals surface area (Å²) >= 11 is 1.35. The maximum atomic E-state index is 17.1. The Labute approximate surface area is 350 Å². The highest BCUT2D eigenvalue weighted by molar-refractivity contribution is 7.13. The molecule has 3 aliphatic carbocycles. The summed E-state index contributed by atoms with van der Waals surface area (Å²) < 4.78 is 40.4. The van der Waals surface area contributed by atoms with Crippen molar-refractivity contribution in [2.45, 2.75) is 43.9 Å². The zero-order valence-electron chi connectivity index (χ0n) is 32.5. The smallest absolute Gasteiger partial charge is 0.311 e. The largest absolute Gasteiger partial charge is 0.461 e. The van der Waals surface area contributed by atoms with Crippen molar-refractivity contribution in [2.75, 3.05) is 5.32 Å². The highest BCUT2D eigenvalue weighted by Gasteiger charge is 2.49. The minimum atomic E-state index is -1.03. The molecule has 4 heterocycles. The van der Waals surface area contributed by atoms with Gasteiger partial charge in [0.25, 0.3) is 0 Å². The molecule has 8 nitrogen and oxygen atoms in total. The molecule has 11 heteroatoms. The molecule has 60 heavy (non-hydrogen) atoms. The molecule has 0 saturated heterocycles. The fourth-order valence-corrected chi connectivity index (χ4v) is 10.3. The molecule has 0 amide bonds. The van der Waals surface area contributed by atoms with E-state index in [1.165, 1.54) is 11.3 Å². The van der Waals surface area contributed by atoms with Gasteiger partial charge in [0.05, 0.1) is 22.6 Å². The van der Waals surface area contributed by atoms with E-state index < -0.39 is 29.3 Å². The van der Waals surface area contributed by atoms with E-state index in [-0.39, 0.29) is 47.3 Å². The first-order chi connectivity index (χ1) is 29.5. The second kappa shape index (κ2) is 15.9. The molecule has 2 bridgehead atoms. The fraction of sp³-hybridized carbons (Fsp3) is 0.204. The molecule has 0 radical (unpaired) electrons. The van der Waals surface area contributed by atoms with Gasteiger partial charge in [-0.25, -0.2) is 24.3 Å². The molecule has 3 fully saturated rings. The molecule has 0 unspecified atom stereocenters. The summed E-state index contributed by atoms with van der Waals surface area (Å²) in [6.45, 7) is 0.160. The van der Waals surface area contributed by atoms with Crippen molar-refractivity contribution in [1.82, 2.24) is 24.5 Å². The van der Waals surface area contributed by atoms with Crippen LogP contribution in [0.1, 0.15) is 47.9 Å². The molecule has 2 atom stereocenters. The van der Waals surface area contributed by atoms with Gasteiger partial charge in [0.2, 0.25) is 5.95 Å². The average Bonchev–Trinajstić information content (AvgIpc) is 3.98. The Kier molecular flexibility index (Phi) is 9.97. The molecule has 0 spiro atoms. The number of rotatable bonds is 11. The van der Waals surface area contributed by atoms with Gasteiger partial charge < -0.3 is 14.6 Å². The molecule has 3 saturated carbocycles. The van der Waals surface area contributed by atoms with Crippen molar-refractivity contribution < 1.29 is 18.3 Å². The third-order valence-corrected chi connectivity index (χ3v) is 13.1. The summed E-state index contributed by atoms with van der Waals surface area (Å²) in [7, 11) is 0. The van der Waals surface area contributed by atoms with Gasteiger partial charge in [-0.1, -0.05) is 127 Å². The van der Waals surface area contributed by atoms with E-state index in [0.717, 1.165) is 54.1 Å². The molecule has 4 aromatic heterocycles. The monoisotopic (exact) mass is 814 g/mol. The molecule has 298 valence electrons. The fourth-order valence-electron chi connectivity index (χ4n) is 9.56. The molecule has 1 N–H and O–H groups in total. The molecule has 0 aliphatic heterocycles. The topological polar surface area (TPSA) is 94.8 Å². The molecular weight excluding hydrogens is 775 g/mol. The number of carbonyl (C=O) groups excluding carboxylic acids is 1. The van der Waals surface area contributed by atoms with Crippen LogP contribution in [0.5, 0.6) is 0 Å². The minimum absolute atomic E-state index is 0.0347. The Hall–Kier alpha value is -6.59. The van der Waals surface area contributed by atoms with E-state index in [2.05, 4.69) is 46.7 Å². The Bertz CT molecular complexity index is 2670. The van der Waals surface area contributed by atoms with Gasteiger partial charge in [0.1, 0.15) is 23.4 Å². The Morgan fingerprint density at radius 2 is 1.35 bits per heavy atom. The predicted octanol–water partition coefficient (Wildman–Crippen LogP) is 10.7. The number of anilines is 1. The van der Waals surface area contributed by atoms with Gasteiger partial charge in [0.15, 0.2) is 23.1 Å². The van der Waals surface area contributed by atoms with Gasteiger partial charge in [-0.2, -0.15) is 4.39 Å². The van der Waals surface area contributed by atoms with Gasteiger partial charge in [0, 0.05) is 12.2 Å². The Morgan fingerprint density at radius 1 is 0.750 bits per heavy atom. The lowest BCUT2D eigenvalue weighted by molar-refractivity contribution is -0.156. The van der Waals surface area contributed by atoms with Crippen LogP contribution in [0.3, 0.4) is 0 Å². The molecule has 3 aliphatic rings. The van der Waals surface area contributed by atoms with Crippen LogP contribution in [0, 0.1) is 29.5 Å². The maximum Gasteiger partial charge on any atom is 0.311 e. The first-order valence-corrected chi connectivity index (χ1v) is 21.2. The number of nitrogens with one attached hydrogen (secondary N) is 1. The van der Waals surface area contributed by atoms with Crippen molar-refractivity contribution in [2.24, 2.45) is 17.8 Å². The van der Waals surface area contributed by atoms with Gasteiger partial charge in [-0.15, -0.1) is 11.3 Å². The molecular formula is C49H40F2N6O2S. The van der Waals surface area contributed by atoms with E-state index in [1.807, 2.05) is 113 Å². The van der Waals surface area contributed by atoms with Crippen molar-refractivity contribution >= 4 is 34.3 Å². The number of ether oxygens (including phenoxy) is 1. The van der Waals surface area contributed by atoms with Gasteiger partial charge in [-0.3, -0.25) is 4.79 Å². The Morgan fingerprint density at radius 3 is 1.95 bits per heavy atom. The number of nitrogens with zero attached hydrogens (tertiary/aromatic N) is 5. The summed E-state index contributed by atoms with van der Waals surface area (Å²) in [5.41, 5.74) is 3.71. The highest BCUT2D eigenvalue weighted by atomic mass is 32.1. The first-order valence-electron chi connectivity index (χ1n) is 20.3.